The van der Waals surface area contributed by atoms with Crippen molar-refractivity contribution in [3.05, 3.63) is 6.33 Å². The van der Waals surface area contributed by atoms with E-state index >= 15 is 0 Å². The van der Waals surface area contributed by atoms with Gasteiger partial charge in [-0.05, 0) is 0 Å². The Bertz CT molecular complexity index is 658. The van der Waals surface area contributed by atoms with Gasteiger partial charge in [0, 0.05) is 20.5 Å². The lowest BCUT2D eigenvalue weighted by molar-refractivity contribution is -0.737. The van der Waals surface area contributed by atoms with Gasteiger partial charge in [0.05, 0.1) is 19.0 Å². The van der Waals surface area contributed by atoms with Crippen molar-refractivity contribution in [3.8, 4) is 0 Å². The van der Waals surface area contributed by atoms with Crippen LogP contribution in [0.4, 0.5) is 11.8 Å². The van der Waals surface area contributed by atoms with Crippen LogP contribution in [0.2, 0.25) is 0 Å². The van der Waals surface area contributed by atoms with E-state index in [2.05, 4.69) is 15.0 Å². The predicted molar refractivity (Wildman–Crippen MR) is 74.4 cm³/mol. The summed E-state index contributed by atoms with van der Waals surface area (Å²) in [5.41, 5.74) is 7.35. The van der Waals surface area contributed by atoms with Gasteiger partial charge in [0.1, 0.15) is 6.10 Å². The van der Waals surface area contributed by atoms with Gasteiger partial charge < -0.3 is 25.7 Å². The smallest absolute Gasteiger partial charge is 0.353 e. The summed E-state index contributed by atoms with van der Waals surface area (Å²) in [7, 11) is 3.68. The summed E-state index contributed by atoms with van der Waals surface area (Å²) < 4.78 is 7.40. The van der Waals surface area contributed by atoms with Gasteiger partial charge in [0.25, 0.3) is 0 Å². The van der Waals surface area contributed by atoms with Crippen molar-refractivity contribution in [2.75, 3.05) is 31.3 Å². The first-order valence-corrected chi connectivity index (χ1v) is 6.68. The first kappa shape index (κ1) is 14.0. The van der Waals surface area contributed by atoms with Gasteiger partial charge in [0.15, 0.2) is 11.7 Å². The second kappa shape index (κ2) is 5.10. The minimum Gasteiger partial charge on any atom is -0.394 e. The maximum Gasteiger partial charge on any atom is 0.353 e. The fraction of sp³-hybridized carbons (Fsp3) is 0.583. The van der Waals surface area contributed by atoms with E-state index in [0.717, 1.165) is 0 Å². The first-order valence-electron chi connectivity index (χ1n) is 6.68. The van der Waals surface area contributed by atoms with Gasteiger partial charge in [-0.1, -0.05) is 4.98 Å². The molecule has 0 spiro atoms. The highest BCUT2D eigenvalue weighted by atomic mass is 16.5. The third-order valence-electron chi connectivity index (χ3n) is 3.63. The lowest BCUT2D eigenvalue weighted by Gasteiger charge is -2.18. The van der Waals surface area contributed by atoms with Crippen molar-refractivity contribution < 1.29 is 19.5 Å². The molecule has 0 saturated carbocycles. The molecule has 1 fully saturated rings. The molecule has 114 valence electrons. The molecule has 1 aliphatic heterocycles. The third kappa shape index (κ3) is 2.19. The summed E-state index contributed by atoms with van der Waals surface area (Å²) in [5, 5.41) is 19.1. The molecule has 3 rings (SSSR count). The van der Waals surface area contributed by atoms with Crippen LogP contribution in [0.25, 0.3) is 11.2 Å². The number of nitrogens with zero attached hydrogens (tertiary/aromatic N) is 4. The average molecular weight is 295 g/mol. The molecule has 0 bridgehead atoms. The van der Waals surface area contributed by atoms with Crippen molar-refractivity contribution >= 4 is 22.9 Å². The largest absolute Gasteiger partial charge is 0.394 e. The topological polar surface area (TPSA) is 124 Å². The molecule has 9 nitrogen and oxygen atoms in total. The molecule has 2 aromatic heterocycles. The third-order valence-corrected chi connectivity index (χ3v) is 3.63. The fourth-order valence-electron chi connectivity index (χ4n) is 2.57. The molecule has 1 aliphatic rings. The van der Waals surface area contributed by atoms with E-state index in [1.807, 2.05) is 14.1 Å². The number of H-pyrrole nitrogens is 1. The monoisotopic (exact) mass is 295 g/mol. The molecule has 3 atom stereocenters. The number of aromatic amines is 1. The van der Waals surface area contributed by atoms with Crippen LogP contribution in [-0.4, -0.2) is 58.1 Å². The van der Waals surface area contributed by atoms with Gasteiger partial charge in [-0.3, -0.25) is 4.90 Å². The molecule has 0 radical (unpaired) electrons. The van der Waals surface area contributed by atoms with Crippen LogP contribution in [0.15, 0.2) is 6.33 Å². The zero-order valence-electron chi connectivity index (χ0n) is 11.9. The molecule has 9 heteroatoms. The van der Waals surface area contributed by atoms with Crippen LogP contribution >= 0.6 is 0 Å². The van der Waals surface area contributed by atoms with Crippen LogP contribution in [-0.2, 0) is 4.74 Å². The minimum absolute atomic E-state index is 0.241. The number of fused-ring (bicyclic) bond motifs is 1. The minimum atomic E-state index is -0.737. The second-order valence-corrected chi connectivity index (χ2v) is 5.28. The molecule has 2 aromatic rings. The zero-order chi connectivity index (χ0) is 15.1. The van der Waals surface area contributed by atoms with Crippen LogP contribution in [0.5, 0.6) is 0 Å². The number of nitrogens with one attached hydrogen (secondary N) is 1. The van der Waals surface area contributed by atoms with Crippen molar-refractivity contribution in [1.29, 1.82) is 0 Å². The number of aromatic nitrogens is 4. The molecular weight excluding hydrogens is 276 g/mol. The Kier molecular flexibility index (Phi) is 3.40. The zero-order valence-corrected chi connectivity index (χ0v) is 11.9. The Balaban J connectivity index is 2.12. The van der Waals surface area contributed by atoms with Crippen molar-refractivity contribution in [3.63, 3.8) is 0 Å². The second-order valence-electron chi connectivity index (χ2n) is 5.28. The van der Waals surface area contributed by atoms with Gasteiger partial charge >= 0.3 is 5.95 Å². The molecule has 0 aromatic carbocycles. The van der Waals surface area contributed by atoms with Gasteiger partial charge in [-0.25, -0.2) is 4.98 Å². The summed E-state index contributed by atoms with van der Waals surface area (Å²) >= 11 is 0. The first-order chi connectivity index (χ1) is 10.0. The van der Waals surface area contributed by atoms with E-state index in [9.17, 15) is 10.2 Å². The predicted octanol–water partition coefficient (Wildman–Crippen LogP) is -1.47. The van der Waals surface area contributed by atoms with E-state index < -0.39 is 18.4 Å². The lowest BCUT2D eigenvalue weighted by Crippen LogP contribution is -2.47. The SMILES string of the molecule is CN(C)c1nc2nc[nH]c2c(N)[n+]1C1C[C@H](O)[C@@H](CO)O1. The molecule has 21 heavy (non-hydrogen) atoms. The van der Waals surface area contributed by atoms with Crippen LogP contribution in [0.1, 0.15) is 12.6 Å². The van der Waals surface area contributed by atoms with Gasteiger partial charge in [-0.2, -0.15) is 4.57 Å². The van der Waals surface area contributed by atoms with E-state index in [0.29, 0.717) is 29.4 Å². The number of nitrogen functional groups attached to an aromatic ring is 1. The molecular formula is C12H19N6O3+. The highest BCUT2D eigenvalue weighted by Gasteiger charge is 2.39. The van der Waals surface area contributed by atoms with Crippen molar-refractivity contribution in [2.24, 2.45) is 0 Å². The molecule has 1 saturated heterocycles. The van der Waals surface area contributed by atoms with Crippen molar-refractivity contribution in [1.82, 2.24) is 15.0 Å². The number of imidazole rings is 1. The average Bonchev–Trinajstić information content (AvgIpc) is 3.04. The molecule has 0 aliphatic carbocycles. The van der Waals surface area contributed by atoms with Crippen molar-refractivity contribution in [2.45, 2.75) is 24.9 Å². The highest BCUT2D eigenvalue weighted by molar-refractivity contribution is 5.79. The maximum absolute atomic E-state index is 9.92. The number of anilines is 2. The van der Waals surface area contributed by atoms with Crippen LogP contribution in [0.3, 0.4) is 0 Å². The summed E-state index contributed by atoms with van der Waals surface area (Å²) in [5.74, 6) is 1.000. The maximum atomic E-state index is 9.92. The van der Waals surface area contributed by atoms with Gasteiger partial charge in [-0.15, -0.1) is 0 Å². The Hall–Kier alpha value is -1.97. The number of hydrogen-bond acceptors (Lipinski definition) is 7. The fourth-order valence-corrected chi connectivity index (χ4v) is 2.57. The number of hydrogen-bond donors (Lipinski definition) is 4. The summed E-state index contributed by atoms with van der Waals surface area (Å²) in [4.78, 5) is 13.3. The molecule has 3 heterocycles. The molecule has 5 N–H and O–H groups in total. The number of rotatable bonds is 3. The Morgan fingerprint density at radius 2 is 2.33 bits per heavy atom. The number of aliphatic hydroxyl groups excluding tert-OH is 2. The lowest BCUT2D eigenvalue weighted by atomic mass is 10.2. The Morgan fingerprint density at radius 1 is 1.57 bits per heavy atom. The van der Waals surface area contributed by atoms with E-state index in [-0.39, 0.29) is 6.61 Å². The van der Waals surface area contributed by atoms with E-state index in [1.54, 1.807) is 9.47 Å². The van der Waals surface area contributed by atoms with Crippen LogP contribution in [0, 0.1) is 0 Å². The standard InChI is InChI=1S/C12H18N6O3/c1-17(2)12-16-11-9(14-5-15-11)10(13)18(12)8-3-6(20)7(4-19)21-8/h5-8,19-20H,3-4H2,1-2H3,(H2,13,14,15)/p+1/t6-,7+,8?/m0/s1. The van der Waals surface area contributed by atoms with Gasteiger partial charge in [0.2, 0.25) is 11.5 Å². The molecule has 0 amide bonds. The number of aliphatic hydroxyl groups is 2. The number of nitrogens with two attached hydrogens (primary N) is 1. The Labute approximate surface area is 121 Å². The molecule has 1 unspecified atom stereocenters. The quantitative estimate of drug-likeness (QED) is 0.510. The number of ether oxygens (including phenoxy) is 1. The summed E-state index contributed by atoms with van der Waals surface area (Å²) in [6.45, 7) is -0.241. The normalized spacial score (nSPS) is 25.6. The summed E-state index contributed by atoms with van der Waals surface area (Å²) in [6, 6.07) is 0. The Morgan fingerprint density at radius 3 is 2.95 bits per heavy atom. The summed E-state index contributed by atoms with van der Waals surface area (Å²) in [6.07, 6.45) is 0.0181. The van der Waals surface area contributed by atoms with Crippen LogP contribution < -0.4 is 15.2 Å². The van der Waals surface area contributed by atoms with E-state index in [4.69, 9.17) is 10.5 Å². The van der Waals surface area contributed by atoms with E-state index in [1.165, 1.54) is 6.33 Å². The highest BCUT2D eigenvalue weighted by Crippen LogP contribution is 2.28.